The van der Waals surface area contributed by atoms with E-state index in [9.17, 15) is 15.3 Å². The molecular weight excluding hydrogens is 254 g/mol. The summed E-state index contributed by atoms with van der Waals surface area (Å²) in [7, 11) is 0. The first-order valence-corrected chi connectivity index (χ1v) is 5.90. The first kappa shape index (κ1) is 30.5. The average Bonchev–Trinajstić information content (AvgIpc) is 2.39. The minimum atomic E-state index is 0. The third-order valence-corrected chi connectivity index (χ3v) is 0.816. The molecule has 5 heteroatoms. The zero-order valence-electron chi connectivity index (χ0n) is 11.7. The maximum atomic E-state index is 9.30. The fourth-order valence-corrected chi connectivity index (χ4v) is 0. The van der Waals surface area contributed by atoms with Gasteiger partial charge < -0.3 is 28.0 Å². The summed E-state index contributed by atoms with van der Waals surface area (Å²) < 4.78 is 0. The van der Waals surface area contributed by atoms with Crippen molar-refractivity contribution >= 4 is 0 Å². The van der Waals surface area contributed by atoms with Crippen LogP contribution in [0.25, 0.3) is 0 Å². The van der Waals surface area contributed by atoms with Crippen molar-refractivity contribution in [3.8, 4) is 0 Å². The molecule has 4 nitrogen and oxygen atoms in total. The molecule has 0 rings (SSSR count). The summed E-state index contributed by atoms with van der Waals surface area (Å²) in [5, 5.41) is 27.9. The van der Waals surface area contributed by atoms with Crippen LogP contribution in [0.3, 0.4) is 0 Å². The predicted octanol–water partition coefficient (Wildman–Crippen LogP) is -0.563. The molecule has 0 aromatic rings. The van der Waals surface area contributed by atoms with Crippen molar-refractivity contribution in [1.29, 1.82) is 0 Å². The molecule has 0 amide bonds. The van der Waals surface area contributed by atoms with E-state index in [2.05, 4.69) is 6.92 Å². The Hall–Kier alpha value is 0.554. The summed E-state index contributed by atoms with van der Waals surface area (Å²) in [6.07, 6.45) is 3.14. The molecule has 0 spiro atoms. The molecule has 0 heterocycles. The number of nitrogens with two attached hydrogens (primary N) is 1. The maximum Gasteiger partial charge on any atom is 4.00 e. The minimum absolute atomic E-state index is 0. The van der Waals surface area contributed by atoms with E-state index in [4.69, 9.17) is 5.73 Å². The van der Waals surface area contributed by atoms with Crippen LogP contribution < -0.4 is 21.1 Å². The average molecular weight is 283 g/mol. The molecule has 0 bridgehead atoms. The van der Waals surface area contributed by atoms with Crippen LogP contribution in [0.15, 0.2) is 0 Å². The fraction of sp³-hybridized carbons (Fsp3) is 0.917. The Morgan fingerprint density at radius 1 is 0.824 bits per heavy atom. The topological polar surface area (TPSA) is 95.2 Å². The Bertz CT molecular complexity index is 45.7. The van der Waals surface area contributed by atoms with Crippen molar-refractivity contribution in [3.05, 3.63) is 6.92 Å². The van der Waals surface area contributed by atoms with Gasteiger partial charge in [0.1, 0.15) is 0 Å². The van der Waals surface area contributed by atoms with Crippen LogP contribution in [0.4, 0.5) is 0 Å². The van der Waals surface area contributed by atoms with E-state index in [-0.39, 0.29) is 41.5 Å². The molecule has 0 saturated carbocycles. The Balaban J connectivity index is -0.0000000369. The summed E-state index contributed by atoms with van der Waals surface area (Å²) in [6, 6.07) is 0. The predicted molar refractivity (Wildman–Crippen MR) is 64.5 cm³/mol. The van der Waals surface area contributed by atoms with E-state index in [1.807, 2.05) is 20.8 Å². The zero-order valence-corrected chi connectivity index (χ0v) is 13.2. The molecule has 0 aromatic carbocycles. The second kappa shape index (κ2) is 54.7. The third-order valence-electron chi connectivity index (χ3n) is 0.816. The smallest absolute Gasteiger partial charge is 0.854 e. The summed E-state index contributed by atoms with van der Waals surface area (Å²) in [5.41, 5.74) is 4.97. The standard InChI is InChI=1S/C3H8N.3C3H7O.Ti/c4*1-2-3-4;/h1-4H2;3*2-3H2,1H3;/q4*-1;+4. The zero-order chi connectivity index (χ0) is 13.7. The van der Waals surface area contributed by atoms with Gasteiger partial charge in [0.2, 0.25) is 0 Å². The molecule has 0 aliphatic rings. The molecular formula is C12H29NO3Ti. The van der Waals surface area contributed by atoms with Crippen molar-refractivity contribution in [2.24, 2.45) is 5.73 Å². The van der Waals surface area contributed by atoms with Crippen molar-refractivity contribution in [1.82, 2.24) is 0 Å². The number of rotatable bonds is 4. The van der Waals surface area contributed by atoms with E-state index in [0.29, 0.717) is 6.54 Å². The van der Waals surface area contributed by atoms with Crippen LogP contribution in [-0.4, -0.2) is 26.4 Å². The van der Waals surface area contributed by atoms with E-state index in [1.54, 1.807) is 0 Å². The molecule has 0 aromatic heterocycles. The van der Waals surface area contributed by atoms with Crippen LogP contribution in [0.1, 0.15) is 46.5 Å². The summed E-state index contributed by atoms with van der Waals surface area (Å²) in [4.78, 5) is 0. The summed E-state index contributed by atoms with van der Waals surface area (Å²) in [5.74, 6) is 0. The van der Waals surface area contributed by atoms with Gasteiger partial charge in [-0.2, -0.15) is 6.42 Å². The van der Waals surface area contributed by atoms with Gasteiger partial charge in [0.15, 0.2) is 0 Å². The molecule has 104 valence electrons. The van der Waals surface area contributed by atoms with E-state index in [1.165, 1.54) is 0 Å². The van der Waals surface area contributed by atoms with Gasteiger partial charge in [-0.3, -0.25) is 0 Å². The van der Waals surface area contributed by atoms with Crippen molar-refractivity contribution in [2.75, 3.05) is 26.4 Å². The third kappa shape index (κ3) is 169. The maximum absolute atomic E-state index is 9.30. The van der Waals surface area contributed by atoms with Gasteiger partial charge in [-0.15, -0.1) is 19.8 Å². The first-order valence-electron chi connectivity index (χ1n) is 5.90. The van der Waals surface area contributed by atoms with Crippen LogP contribution in [0.2, 0.25) is 0 Å². The van der Waals surface area contributed by atoms with Crippen molar-refractivity contribution in [3.63, 3.8) is 0 Å². The van der Waals surface area contributed by atoms with E-state index < -0.39 is 0 Å². The largest absolute Gasteiger partial charge is 4.00 e. The van der Waals surface area contributed by atoms with Crippen LogP contribution >= 0.6 is 0 Å². The molecule has 2 N–H and O–H groups in total. The normalized spacial score (nSPS) is 7.06. The molecule has 17 heavy (non-hydrogen) atoms. The molecule has 0 saturated heterocycles. The van der Waals surface area contributed by atoms with Gasteiger partial charge in [0.05, 0.1) is 0 Å². The molecule has 0 unspecified atom stereocenters. The van der Waals surface area contributed by atoms with E-state index >= 15 is 0 Å². The number of hydrogen-bond donors (Lipinski definition) is 1. The Morgan fingerprint density at radius 3 is 0.941 bits per heavy atom. The van der Waals surface area contributed by atoms with Crippen LogP contribution in [0, 0.1) is 6.92 Å². The molecule has 0 aliphatic heterocycles. The van der Waals surface area contributed by atoms with Gasteiger partial charge in [-0.25, -0.2) is 0 Å². The SMILES string of the molecule is CCC[O-].CCC[O-].CCC[O-].[CH2-]CCN.[Ti+4]. The molecule has 0 fully saturated rings. The monoisotopic (exact) mass is 283 g/mol. The fourth-order valence-electron chi connectivity index (χ4n) is 0. The quantitative estimate of drug-likeness (QED) is 0.552. The van der Waals surface area contributed by atoms with E-state index in [0.717, 1.165) is 25.7 Å². The van der Waals surface area contributed by atoms with Gasteiger partial charge >= 0.3 is 21.7 Å². The Labute approximate surface area is 122 Å². The van der Waals surface area contributed by atoms with Crippen molar-refractivity contribution in [2.45, 2.75) is 46.5 Å². The summed E-state index contributed by atoms with van der Waals surface area (Å²) in [6.45, 7) is 10.0. The first-order chi connectivity index (χ1) is 7.66. The Morgan fingerprint density at radius 2 is 0.941 bits per heavy atom. The van der Waals surface area contributed by atoms with Gasteiger partial charge in [-0.1, -0.05) is 40.0 Å². The second-order valence-corrected chi connectivity index (χ2v) is 2.75. The molecule has 0 radical (unpaired) electrons. The van der Waals surface area contributed by atoms with Crippen LogP contribution in [-0.2, 0) is 21.7 Å². The number of hydrogen-bond acceptors (Lipinski definition) is 4. The van der Waals surface area contributed by atoms with Crippen molar-refractivity contribution < 1.29 is 37.0 Å². The molecule has 0 aliphatic carbocycles. The van der Waals surface area contributed by atoms with Gasteiger partial charge in [0.25, 0.3) is 0 Å². The minimum Gasteiger partial charge on any atom is -0.854 e. The van der Waals surface area contributed by atoms with Gasteiger partial charge in [-0.05, 0) is 6.54 Å². The van der Waals surface area contributed by atoms with Crippen LogP contribution in [0.5, 0.6) is 0 Å². The second-order valence-electron chi connectivity index (χ2n) is 2.75. The summed E-state index contributed by atoms with van der Waals surface area (Å²) >= 11 is 0. The van der Waals surface area contributed by atoms with Gasteiger partial charge in [0, 0.05) is 0 Å². The Kier molecular flexibility index (Phi) is 98.3. The molecule has 0 atom stereocenters.